The average molecular weight is 736 g/mol. The maximum Gasteiger partial charge on any atom is 0.366 e. The Morgan fingerprint density at radius 1 is 0.735 bits per heavy atom. The Balaban J connectivity index is 0.000000154. The van der Waals surface area contributed by atoms with Crippen molar-refractivity contribution in [2.75, 3.05) is 0 Å². The molecule has 0 spiro atoms. The van der Waals surface area contributed by atoms with Gasteiger partial charge >= 0.3 is 11.4 Å². The minimum Gasteiger partial charge on any atom is -0.341 e. The van der Waals surface area contributed by atoms with Gasteiger partial charge in [-0.2, -0.15) is 10.2 Å². The molecule has 4 fully saturated rings. The van der Waals surface area contributed by atoms with Crippen molar-refractivity contribution in [1.29, 1.82) is 0 Å². The Kier molecular flexibility index (Phi) is 8.15. The van der Waals surface area contributed by atoms with E-state index in [1.807, 2.05) is 78.1 Å². The van der Waals surface area contributed by atoms with Gasteiger partial charge in [0, 0.05) is 4.47 Å². The van der Waals surface area contributed by atoms with Crippen molar-refractivity contribution < 1.29 is 28.4 Å². The molecular formula is C34H39BrN8O6. The van der Waals surface area contributed by atoms with Crippen LogP contribution in [-0.2, 0) is 28.4 Å². The lowest BCUT2D eigenvalue weighted by atomic mass is 10.00. The molecule has 258 valence electrons. The van der Waals surface area contributed by atoms with Crippen LogP contribution in [0.2, 0.25) is 0 Å². The van der Waals surface area contributed by atoms with Crippen LogP contribution in [0.5, 0.6) is 0 Å². The van der Waals surface area contributed by atoms with E-state index in [0.29, 0.717) is 12.8 Å². The summed E-state index contributed by atoms with van der Waals surface area (Å²) < 4.78 is 41.3. The molecule has 0 aliphatic carbocycles. The minimum absolute atomic E-state index is 0.345. The van der Waals surface area contributed by atoms with Crippen molar-refractivity contribution >= 4 is 27.0 Å². The van der Waals surface area contributed by atoms with Gasteiger partial charge in [0.1, 0.15) is 42.6 Å². The van der Waals surface area contributed by atoms with E-state index in [1.165, 1.54) is 12.7 Å². The van der Waals surface area contributed by atoms with Crippen molar-refractivity contribution in [1.82, 2.24) is 29.2 Å². The van der Waals surface area contributed by atoms with Gasteiger partial charge in [0.05, 0.1) is 41.1 Å². The summed E-state index contributed by atoms with van der Waals surface area (Å²) in [5.74, 6) is -1.49. The largest absolute Gasteiger partial charge is 0.366 e. The Morgan fingerprint density at radius 2 is 1.24 bits per heavy atom. The van der Waals surface area contributed by atoms with Crippen LogP contribution in [0, 0.1) is 27.0 Å². The molecule has 8 atom stereocenters. The monoisotopic (exact) mass is 734 g/mol. The van der Waals surface area contributed by atoms with E-state index < -0.39 is 47.4 Å². The summed E-state index contributed by atoms with van der Waals surface area (Å²) in [6, 6.07) is 5.89. The van der Waals surface area contributed by atoms with Crippen LogP contribution in [-0.4, -0.2) is 76.6 Å². The molecule has 0 radical (unpaired) electrons. The topological polar surface area (TPSA) is 124 Å². The third kappa shape index (κ3) is 5.26. The molecule has 0 aromatic carbocycles. The standard InChI is InChI=1S/C17H19BrN4O3.C17H20N4O3/c1-6-17(19-5)15-14(23-16(3,4)25-15)13(24-17)11-7-10(18)12-9(2)20-8-21-22(11)12;1-6-17(18-5)15-14(22-16(3,4)24-15)13(23-17)12-8-7-11-10(2)19-9-20-21(11)12/h7-8,13-15H,6H2,1-4H3;7-9,13-15H,6H2,1-4H3/t2*13-,14-,15-,17+/m00/s1. The van der Waals surface area contributed by atoms with Crippen LogP contribution in [0.1, 0.15) is 89.4 Å². The first-order valence-electron chi connectivity index (χ1n) is 16.3. The fourth-order valence-electron chi connectivity index (χ4n) is 7.45. The molecule has 49 heavy (non-hydrogen) atoms. The minimum atomic E-state index is -1.05. The highest BCUT2D eigenvalue weighted by molar-refractivity contribution is 9.10. The molecule has 8 heterocycles. The van der Waals surface area contributed by atoms with Gasteiger partial charge in [-0.05, 0) is 75.7 Å². The second-order valence-corrected chi connectivity index (χ2v) is 14.5. The quantitative estimate of drug-likeness (QED) is 0.228. The molecular weight excluding hydrogens is 696 g/mol. The number of nitrogens with zero attached hydrogens (tertiary/aromatic N) is 8. The highest BCUT2D eigenvalue weighted by Gasteiger charge is 2.69. The second kappa shape index (κ2) is 11.8. The Morgan fingerprint density at radius 3 is 1.78 bits per heavy atom. The Bertz CT molecular complexity index is 2020. The Labute approximate surface area is 292 Å². The highest BCUT2D eigenvalue weighted by atomic mass is 79.9. The maximum atomic E-state index is 7.71. The lowest BCUT2D eigenvalue weighted by Gasteiger charge is -2.25. The van der Waals surface area contributed by atoms with Crippen molar-refractivity contribution in [3.05, 3.63) is 80.9 Å². The van der Waals surface area contributed by atoms with Crippen LogP contribution in [0.15, 0.2) is 35.3 Å². The van der Waals surface area contributed by atoms with Gasteiger partial charge in [-0.1, -0.05) is 13.8 Å². The summed E-state index contributed by atoms with van der Waals surface area (Å²) in [6.07, 6.45) is 1.65. The van der Waals surface area contributed by atoms with E-state index in [9.17, 15) is 0 Å². The zero-order chi connectivity index (χ0) is 35.1. The molecule has 0 unspecified atom stereocenters. The molecule has 0 saturated carbocycles. The van der Waals surface area contributed by atoms with Gasteiger partial charge in [0.15, 0.2) is 23.8 Å². The molecule has 8 rings (SSSR count). The fraction of sp³-hybridized carbons (Fsp3) is 0.588. The SMILES string of the molecule is [C-]#[N+][C@]1(CC)O[C@@H](c2cc(Br)c3c(C)ncnn23)[C@@H]2OC(C)(C)O[C@@H]21.[C-]#[N+][C@]1(CC)O[C@@H](c2ccc3c(C)ncnn23)[C@@H]2OC(C)(C)O[C@@H]21. The lowest BCUT2D eigenvalue weighted by molar-refractivity contribution is -0.202. The fourth-order valence-corrected chi connectivity index (χ4v) is 8.14. The third-order valence-electron chi connectivity index (χ3n) is 9.77. The lowest BCUT2D eigenvalue weighted by Crippen LogP contribution is -2.39. The molecule has 14 nitrogen and oxygen atoms in total. The van der Waals surface area contributed by atoms with Crippen LogP contribution < -0.4 is 0 Å². The molecule has 4 aromatic rings. The summed E-state index contributed by atoms with van der Waals surface area (Å²) in [5.41, 5.74) is 3.14. The number of ether oxygens (including phenoxy) is 6. The van der Waals surface area contributed by atoms with Gasteiger partial charge in [-0.25, -0.2) is 32.1 Å². The Hall–Kier alpha value is -3.54. The normalized spacial score (nSPS) is 33.9. The average Bonchev–Trinajstić information content (AvgIpc) is 3.89. The van der Waals surface area contributed by atoms with Crippen molar-refractivity contribution in [2.45, 2.75) is 128 Å². The van der Waals surface area contributed by atoms with E-state index in [-0.39, 0.29) is 12.2 Å². The third-order valence-corrected chi connectivity index (χ3v) is 10.4. The summed E-state index contributed by atoms with van der Waals surface area (Å²) in [7, 11) is 0. The molecule has 15 heteroatoms. The first kappa shape index (κ1) is 33.9. The van der Waals surface area contributed by atoms with Crippen molar-refractivity contribution in [3.63, 3.8) is 0 Å². The highest BCUT2D eigenvalue weighted by Crippen LogP contribution is 2.53. The first-order chi connectivity index (χ1) is 23.2. The van der Waals surface area contributed by atoms with Crippen LogP contribution in [0.4, 0.5) is 0 Å². The molecule has 0 bridgehead atoms. The van der Waals surface area contributed by atoms with Gasteiger partial charge in [0.25, 0.3) is 0 Å². The number of hydrogen-bond donors (Lipinski definition) is 0. The number of fused-ring (bicyclic) bond motifs is 4. The summed E-state index contributed by atoms with van der Waals surface area (Å²) in [6.45, 7) is 30.6. The van der Waals surface area contributed by atoms with Crippen LogP contribution in [0.25, 0.3) is 20.7 Å². The number of rotatable bonds is 4. The summed E-state index contributed by atoms with van der Waals surface area (Å²) in [4.78, 5) is 16.1. The van der Waals surface area contributed by atoms with Crippen molar-refractivity contribution in [2.24, 2.45) is 0 Å². The van der Waals surface area contributed by atoms with E-state index in [0.717, 1.165) is 38.3 Å². The van der Waals surface area contributed by atoms with E-state index >= 15 is 0 Å². The molecule has 0 N–H and O–H groups in total. The van der Waals surface area contributed by atoms with Gasteiger partial charge in [-0.15, -0.1) is 0 Å². The summed E-state index contributed by atoms with van der Waals surface area (Å²) in [5, 5.41) is 8.73. The number of aromatic nitrogens is 6. The van der Waals surface area contributed by atoms with Gasteiger partial charge in [0.2, 0.25) is 0 Å². The predicted octanol–water partition coefficient (Wildman–Crippen LogP) is 6.07. The maximum absolute atomic E-state index is 7.71. The molecule has 0 amide bonds. The zero-order valence-corrected chi connectivity index (χ0v) is 30.3. The zero-order valence-electron chi connectivity index (χ0n) is 28.7. The van der Waals surface area contributed by atoms with E-state index in [1.54, 1.807) is 4.52 Å². The molecule has 4 saturated heterocycles. The number of aryl methyl sites for hydroxylation is 2. The van der Waals surface area contributed by atoms with Crippen LogP contribution in [0.3, 0.4) is 0 Å². The number of halogens is 1. The van der Waals surface area contributed by atoms with Crippen molar-refractivity contribution in [3.8, 4) is 0 Å². The smallest absolute Gasteiger partial charge is 0.341 e. The van der Waals surface area contributed by atoms with Crippen LogP contribution >= 0.6 is 15.9 Å². The van der Waals surface area contributed by atoms with E-state index in [2.05, 4.69) is 45.8 Å². The molecule has 4 aliphatic rings. The second-order valence-electron chi connectivity index (χ2n) is 13.7. The number of hydrogen-bond acceptors (Lipinski definition) is 10. The summed E-state index contributed by atoms with van der Waals surface area (Å²) >= 11 is 3.58. The molecule has 4 aromatic heterocycles. The van der Waals surface area contributed by atoms with E-state index in [4.69, 9.17) is 41.6 Å². The van der Waals surface area contributed by atoms with Gasteiger partial charge in [-0.3, -0.25) is 19.2 Å². The molecule has 4 aliphatic heterocycles. The first-order valence-corrected chi connectivity index (χ1v) is 17.1. The predicted molar refractivity (Wildman–Crippen MR) is 178 cm³/mol. The van der Waals surface area contributed by atoms with Gasteiger partial charge < -0.3 is 18.9 Å².